The minimum absolute atomic E-state index is 0.0647. The zero-order valence-corrected chi connectivity index (χ0v) is 11.9. The summed E-state index contributed by atoms with van der Waals surface area (Å²) in [4.78, 5) is 14.8. The Labute approximate surface area is 116 Å². The third kappa shape index (κ3) is 2.81. The first-order chi connectivity index (χ1) is 9.32. The van der Waals surface area contributed by atoms with Crippen LogP contribution in [0.5, 0.6) is 5.75 Å². The lowest BCUT2D eigenvalue weighted by Gasteiger charge is -2.11. The molecule has 0 amide bonds. The Bertz CT molecular complexity index is 581. The number of rotatable bonds is 3. The molecule has 0 radical (unpaired) electrons. The first-order valence-electron chi connectivity index (χ1n) is 6.15. The van der Waals surface area contributed by atoms with Crippen LogP contribution in [0.1, 0.15) is 19.4 Å². The number of benzene rings is 1. The molecule has 1 aromatic carbocycles. The van der Waals surface area contributed by atoms with E-state index in [1.807, 2.05) is 13.8 Å². The van der Waals surface area contributed by atoms with Crippen molar-refractivity contribution in [2.75, 3.05) is 19.0 Å². The normalized spacial score (nSPS) is 16.3. The number of nitrogens with one attached hydrogen (secondary N) is 1. The molecule has 0 fully saturated rings. The molecule has 1 N–H and O–H groups in total. The third-order valence-corrected chi connectivity index (χ3v) is 2.93. The Morgan fingerprint density at radius 1 is 1.50 bits per heavy atom. The minimum Gasteiger partial charge on any atom is -0.490 e. The molecule has 1 aliphatic rings. The van der Waals surface area contributed by atoms with Crippen LogP contribution in [0.4, 0.5) is 11.4 Å². The molecule has 7 nitrogen and oxygen atoms in total. The van der Waals surface area contributed by atoms with E-state index < -0.39 is 4.92 Å². The van der Waals surface area contributed by atoms with Crippen LogP contribution in [0.25, 0.3) is 0 Å². The fourth-order valence-corrected chi connectivity index (χ4v) is 1.88. The summed E-state index contributed by atoms with van der Waals surface area (Å²) in [6.07, 6.45) is 0. The van der Waals surface area contributed by atoms with Gasteiger partial charge in [0.2, 0.25) is 0 Å². The maximum absolute atomic E-state index is 10.9. The Hall–Kier alpha value is -2.31. The second-order valence-electron chi connectivity index (χ2n) is 5.24. The zero-order valence-electron chi connectivity index (χ0n) is 11.9. The van der Waals surface area contributed by atoms with Crippen LogP contribution in [0.15, 0.2) is 17.1 Å². The van der Waals surface area contributed by atoms with Gasteiger partial charge < -0.3 is 14.8 Å². The van der Waals surface area contributed by atoms with Crippen molar-refractivity contribution in [1.29, 1.82) is 0 Å². The zero-order chi connectivity index (χ0) is 14.9. The summed E-state index contributed by atoms with van der Waals surface area (Å²) < 4.78 is 10.5. The SMILES string of the molecule is COc1cc(NC2=NC(C)(C)CO2)c(C)cc1[N+](=O)[O-]. The molecule has 7 heteroatoms. The molecule has 2 rings (SSSR count). The largest absolute Gasteiger partial charge is 0.490 e. The lowest BCUT2D eigenvalue weighted by atomic mass is 10.1. The number of nitrogens with zero attached hydrogens (tertiary/aromatic N) is 2. The molecule has 0 saturated heterocycles. The van der Waals surface area contributed by atoms with E-state index in [1.54, 1.807) is 13.0 Å². The number of nitro benzene ring substituents is 1. The van der Waals surface area contributed by atoms with Crippen molar-refractivity contribution in [3.05, 3.63) is 27.8 Å². The first-order valence-corrected chi connectivity index (χ1v) is 6.15. The highest BCUT2D eigenvalue weighted by Gasteiger charge is 2.27. The van der Waals surface area contributed by atoms with Gasteiger partial charge in [0, 0.05) is 17.8 Å². The van der Waals surface area contributed by atoms with Crippen molar-refractivity contribution in [3.8, 4) is 5.75 Å². The van der Waals surface area contributed by atoms with Gasteiger partial charge in [0.1, 0.15) is 6.61 Å². The van der Waals surface area contributed by atoms with Gasteiger partial charge in [-0.25, -0.2) is 4.99 Å². The molecule has 0 atom stereocenters. The highest BCUT2D eigenvalue weighted by molar-refractivity contribution is 5.91. The van der Waals surface area contributed by atoms with Crippen molar-refractivity contribution in [3.63, 3.8) is 0 Å². The maximum atomic E-state index is 10.9. The molecule has 1 aliphatic heterocycles. The fourth-order valence-electron chi connectivity index (χ4n) is 1.88. The van der Waals surface area contributed by atoms with Crippen molar-refractivity contribution >= 4 is 17.4 Å². The molecular formula is C13H17N3O4. The minimum atomic E-state index is -0.470. The molecule has 0 aromatic heterocycles. The molecule has 0 spiro atoms. The van der Waals surface area contributed by atoms with Gasteiger partial charge >= 0.3 is 5.69 Å². The molecular weight excluding hydrogens is 262 g/mol. The van der Waals surface area contributed by atoms with Crippen molar-refractivity contribution in [2.24, 2.45) is 4.99 Å². The lowest BCUT2D eigenvalue weighted by Crippen LogP contribution is -2.17. The second kappa shape index (κ2) is 4.99. The summed E-state index contributed by atoms with van der Waals surface area (Å²) >= 11 is 0. The summed E-state index contributed by atoms with van der Waals surface area (Å²) in [7, 11) is 1.40. The number of aliphatic imine (C=N–C) groups is 1. The van der Waals surface area contributed by atoms with E-state index in [4.69, 9.17) is 9.47 Å². The first kappa shape index (κ1) is 14.1. The molecule has 108 valence electrons. The highest BCUT2D eigenvalue weighted by atomic mass is 16.6. The van der Waals surface area contributed by atoms with Crippen LogP contribution in [-0.2, 0) is 4.74 Å². The van der Waals surface area contributed by atoms with Crippen molar-refractivity contribution in [1.82, 2.24) is 0 Å². The van der Waals surface area contributed by atoms with Gasteiger partial charge in [0.25, 0.3) is 6.02 Å². The number of anilines is 1. The number of hydrogen-bond donors (Lipinski definition) is 1. The highest BCUT2D eigenvalue weighted by Crippen LogP contribution is 2.33. The Morgan fingerprint density at radius 3 is 2.70 bits per heavy atom. The van der Waals surface area contributed by atoms with Gasteiger partial charge in [0.05, 0.1) is 17.6 Å². The van der Waals surface area contributed by atoms with Gasteiger partial charge in [0.15, 0.2) is 5.75 Å². The number of hydrogen-bond acceptors (Lipinski definition) is 6. The summed E-state index contributed by atoms with van der Waals surface area (Å²) in [5.74, 6) is 0.195. The number of amidine groups is 1. The molecule has 0 unspecified atom stereocenters. The van der Waals surface area contributed by atoms with Crippen LogP contribution in [0, 0.1) is 17.0 Å². The fraction of sp³-hybridized carbons (Fsp3) is 0.462. The van der Waals surface area contributed by atoms with Gasteiger partial charge in [-0.1, -0.05) is 0 Å². The average molecular weight is 279 g/mol. The number of aryl methyl sites for hydroxylation is 1. The summed E-state index contributed by atoms with van der Waals surface area (Å²) in [5.41, 5.74) is 1.06. The van der Waals surface area contributed by atoms with E-state index >= 15 is 0 Å². The molecule has 0 aliphatic carbocycles. The predicted molar refractivity (Wildman–Crippen MR) is 75.5 cm³/mol. The second-order valence-corrected chi connectivity index (χ2v) is 5.24. The summed E-state index contributed by atoms with van der Waals surface area (Å²) in [5, 5.41) is 14.0. The predicted octanol–water partition coefficient (Wildman–Crippen LogP) is 2.49. The van der Waals surface area contributed by atoms with Crippen LogP contribution in [0.3, 0.4) is 0 Å². The quantitative estimate of drug-likeness (QED) is 0.678. The van der Waals surface area contributed by atoms with Gasteiger partial charge in [-0.05, 0) is 26.3 Å². The average Bonchev–Trinajstić information content (AvgIpc) is 2.70. The Balaban J connectivity index is 2.32. The lowest BCUT2D eigenvalue weighted by molar-refractivity contribution is -0.385. The smallest absolute Gasteiger partial charge is 0.311 e. The van der Waals surface area contributed by atoms with E-state index in [2.05, 4.69) is 10.3 Å². The van der Waals surface area contributed by atoms with Gasteiger partial charge in [-0.15, -0.1) is 0 Å². The van der Waals surface area contributed by atoms with E-state index in [1.165, 1.54) is 13.2 Å². The number of nitro groups is 1. The Morgan fingerprint density at radius 2 is 2.20 bits per heavy atom. The third-order valence-electron chi connectivity index (χ3n) is 2.93. The van der Waals surface area contributed by atoms with Gasteiger partial charge in [-0.2, -0.15) is 0 Å². The monoisotopic (exact) mass is 279 g/mol. The standard InChI is InChI=1S/C13H17N3O4/c1-8-5-10(16(17)18)11(19-4)6-9(8)14-12-15-13(2,3)7-20-12/h5-6H,7H2,1-4H3,(H,14,15). The van der Waals surface area contributed by atoms with Gasteiger partial charge in [-0.3, -0.25) is 10.1 Å². The summed E-state index contributed by atoms with van der Waals surface area (Å²) in [6, 6.07) is 3.45. The molecule has 0 saturated carbocycles. The van der Waals surface area contributed by atoms with E-state index in [0.29, 0.717) is 23.9 Å². The maximum Gasteiger partial charge on any atom is 0.311 e. The molecule has 0 bridgehead atoms. The van der Waals surface area contributed by atoms with Crippen LogP contribution < -0.4 is 10.1 Å². The van der Waals surface area contributed by atoms with Crippen molar-refractivity contribution in [2.45, 2.75) is 26.3 Å². The van der Waals surface area contributed by atoms with E-state index in [0.717, 1.165) is 0 Å². The van der Waals surface area contributed by atoms with Crippen LogP contribution in [-0.4, -0.2) is 30.2 Å². The van der Waals surface area contributed by atoms with E-state index in [9.17, 15) is 10.1 Å². The molecule has 20 heavy (non-hydrogen) atoms. The van der Waals surface area contributed by atoms with Crippen LogP contribution >= 0.6 is 0 Å². The summed E-state index contributed by atoms with van der Waals surface area (Å²) in [6.45, 7) is 6.20. The van der Waals surface area contributed by atoms with Crippen molar-refractivity contribution < 1.29 is 14.4 Å². The molecule has 1 aromatic rings. The molecule has 1 heterocycles. The van der Waals surface area contributed by atoms with E-state index in [-0.39, 0.29) is 17.0 Å². The van der Waals surface area contributed by atoms with Crippen LogP contribution in [0.2, 0.25) is 0 Å². The number of ether oxygens (including phenoxy) is 2. The number of methoxy groups -OCH3 is 1. The Kier molecular flexibility index (Phi) is 3.52. The topological polar surface area (TPSA) is 86.0 Å².